The van der Waals surface area contributed by atoms with Crippen molar-refractivity contribution in [3.05, 3.63) is 23.8 Å². The summed E-state index contributed by atoms with van der Waals surface area (Å²) in [7, 11) is 1.67. The molecule has 5 heteroatoms. The maximum absolute atomic E-state index is 5.74. The lowest BCUT2D eigenvalue weighted by Crippen LogP contribution is -2.40. The van der Waals surface area contributed by atoms with E-state index in [1.165, 1.54) is 5.56 Å². The van der Waals surface area contributed by atoms with Crippen LogP contribution in [0.4, 0.5) is 0 Å². The number of hydrogen-bond acceptors (Lipinski definition) is 5. The number of ether oxygens (including phenoxy) is 3. The van der Waals surface area contributed by atoms with Gasteiger partial charge in [-0.3, -0.25) is 4.90 Å². The van der Waals surface area contributed by atoms with E-state index < -0.39 is 0 Å². The van der Waals surface area contributed by atoms with Gasteiger partial charge in [0.05, 0.1) is 26.9 Å². The van der Waals surface area contributed by atoms with Crippen LogP contribution in [0.1, 0.15) is 18.9 Å². The zero-order valence-electron chi connectivity index (χ0n) is 13.8. The average molecular weight is 308 g/mol. The molecule has 0 aliphatic carbocycles. The molecule has 2 rings (SSSR count). The summed E-state index contributed by atoms with van der Waals surface area (Å²) in [6.07, 6.45) is 0.991. The van der Waals surface area contributed by atoms with Gasteiger partial charge < -0.3 is 19.5 Å². The van der Waals surface area contributed by atoms with Crippen LogP contribution >= 0.6 is 0 Å². The number of nitrogens with zero attached hydrogens (tertiary/aromatic N) is 1. The van der Waals surface area contributed by atoms with Crippen LogP contribution in [0.15, 0.2) is 18.2 Å². The molecule has 5 nitrogen and oxygen atoms in total. The van der Waals surface area contributed by atoms with E-state index in [9.17, 15) is 0 Å². The summed E-state index contributed by atoms with van der Waals surface area (Å²) in [6.45, 7) is 9.51. The van der Waals surface area contributed by atoms with Crippen LogP contribution in [0.5, 0.6) is 11.5 Å². The highest BCUT2D eigenvalue weighted by Crippen LogP contribution is 2.28. The standard InChI is InChI=1S/C17H28N2O3/c1-3-10-22-17-13-15(4-5-16(17)20-2)14-18-6-7-19-8-11-21-12-9-19/h4-5,13,18H,3,6-12,14H2,1-2H3. The van der Waals surface area contributed by atoms with Gasteiger partial charge in [0.2, 0.25) is 0 Å². The van der Waals surface area contributed by atoms with Crippen molar-refractivity contribution in [2.75, 3.05) is 53.1 Å². The Bertz CT molecular complexity index is 434. The van der Waals surface area contributed by atoms with Gasteiger partial charge in [-0.2, -0.15) is 0 Å². The first-order valence-corrected chi connectivity index (χ1v) is 8.14. The highest BCUT2D eigenvalue weighted by atomic mass is 16.5. The van der Waals surface area contributed by atoms with Gasteiger partial charge in [0.1, 0.15) is 0 Å². The van der Waals surface area contributed by atoms with Crippen LogP contribution in [0, 0.1) is 0 Å². The van der Waals surface area contributed by atoms with Crippen molar-refractivity contribution in [1.82, 2.24) is 10.2 Å². The summed E-state index contributed by atoms with van der Waals surface area (Å²) in [5.74, 6) is 1.63. The van der Waals surface area contributed by atoms with Gasteiger partial charge in [-0.05, 0) is 24.1 Å². The second kappa shape index (κ2) is 9.66. The fourth-order valence-electron chi connectivity index (χ4n) is 2.45. The first-order valence-electron chi connectivity index (χ1n) is 8.14. The molecule has 0 saturated carbocycles. The molecular weight excluding hydrogens is 280 g/mol. The highest BCUT2D eigenvalue weighted by Gasteiger charge is 2.09. The number of rotatable bonds is 9. The molecule has 1 fully saturated rings. The third kappa shape index (κ3) is 5.48. The van der Waals surface area contributed by atoms with Crippen LogP contribution in [-0.2, 0) is 11.3 Å². The van der Waals surface area contributed by atoms with Gasteiger partial charge in [0.15, 0.2) is 11.5 Å². The van der Waals surface area contributed by atoms with Gasteiger partial charge in [-0.1, -0.05) is 13.0 Å². The first kappa shape index (κ1) is 17.1. The van der Waals surface area contributed by atoms with E-state index in [0.717, 1.165) is 63.9 Å². The number of hydrogen-bond donors (Lipinski definition) is 1. The number of methoxy groups -OCH3 is 1. The zero-order valence-corrected chi connectivity index (χ0v) is 13.8. The molecule has 1 N–H and O–H groups in total. The second-order valence-electron chi connectivity index (χ2n) is 5.46. The Morgan fingerprint density at radius 2 is 2.05 bits per heavy atom. The normalized spacial score (nSPS) is 15.7. The lowest BCUT2D eigenvalue weighted by molar-refractivity contribution is 0.0384. The van der Waals surface area contributed by atoms with Crippen molar-refractivity contribution in [3.8, 4) is 11.5 Å². The van der Waals surface area contributed by atoms with Crippen LogP contribution in [0.2, 0.25) is 0 Å². The molecule has 0 spiro atoms. The Morgan fingerprint density at radius 1 is 1.23 bits per heavy atom. The third-order valence-electron chi connectivity index (χ3n) is 3.73. The quantitative estimate of drug-likeness (QED) is 0.706. The molecule has 0 atom stereocenters. The van der Waals surface area contributed by atoms with Crippen LogP contribution < -0.4 is 14.8 Å². The van der Waals surface area contributed by atoms with E-state index in [1.54, 1.807) is 7.11 Å². The van der Waals surface area contributed by atoms with E-state index >= 15 is 0 Å². The summed E-state index contributed by atoms with van der Waals surface area (Å²) in [5.41, 5.74) is 1.22. The molecule has 1 aromatic rings. The van der Waals surface area contributed by atoms with Crippen molar-refractivity contribution >= 4 is 0 Å². The number of benzene rings is 1. The van der Waals surface area contributed by atoms with Gasteiger partial charge in [0, 0.05) is 32.7 Å². The van der Waals surface area contributed by atoms with Gasteiger partial charge >= 0.3 is 0 Å². The molecule has 22 heavy (non-hydrogen) atoms. The zero-order chi connectivity index (χ0) is 15.6. The monoisotopic (exact) mass is 308 g/mol. The van der Waals surface area contributed by atoms with Crippen molar-refractivity contribution in [3.63, 3.8) is 0 Å². The molecular formula is C17H28N2O3. The van der Waals surface area contributed by atoms with Crippen molar-refractivity contribution in [2.45, 2.75) is 19.9 Å². The molecule has 0 unspecified atom stereocenters. The molecule has 0 aromatic heterocycles. The molecule has 1 aliphatic heterocycles. The molecule has 1 aliphatic rings. The lowest BCUT2D eigenvalue weighted by Gasteiger charge is -2.26. The maximum atomic E-state index is 5.74. The predicted octanol–water partition coefficient (Wildman–Crippen LogP) is 1.91. The SMILES string of the molecule is CCCOc1cc(CNCCN2CCOCC2)ccc1OC. The van der Waals surface area contributed by atoms with Crippen LogP contribution in [0.3, 0.4) is 0 Å². The van der Waals surface area contributed by atoms with E-state index in [-0.39, 0.29) is 0 Å². The summed E-state index contributed by atoms with van der Waals surface area (Å²) in [6, 6.07) is 6.12. The molecule has 1 heterocycles. The second-order valence-corrected chi connectivity index (χ2v) is 5.46. The van der Waals surface area contributed by atoms with E-state index in [2.05, 4.69) is 29.3 Å². The minimum atomic E-state index is 0.713. The van der Waals surface area contributed by atoms with Crippen molar-refractivity contribution in [2.24, 2.45) is 0 Å². The Labute approximate surface area is 133 Å². The Hall–Kier alpha value is -1.30. The Morgan fingerprint density at radius 3 is 2.77 bits per heavy atom. The fourth-order valence-corrected chi connectivity index (χ4v) is 2.45. The molecule has 0 radical (unpaired) electrons. The summed E-state index contributed by atoms with van der Waals surface area (Å²) < 4.78 is 16.4. The number of morpholine rings is 1. The third-order valence-corrected chi connectivity index (χ3v) is 3.73. The smallest absolute Gasteiger partial charge is 0.161 e. The molecule has 0 bridgehead atoms. The molecule has 1 aromatic carbocycles. The summed E-state index contributed by atoms with van der Waals surface area (Å²) in [4.78, 5) is 2.43. The van der Waals surface area contributed by atoms with Crippen molar-refractivity contribution < 1.29 is 14.2 Å². The number of nitrogens with one attached hydrogen (secondary N) is 1. The molecule has 0 amide bonds. The summed E-state index contributed by atoms with van der Waals surface area (Å²) in [5, 5.41) is 3.49. The Kier molecular flexibility index (Phi) is 7.49. The minimum Gasteiger partial charge on any atom is -0.493 e. The minimum absolute atomic E-state index is 0.713. The average Bonchev–Trinajstić information content (AvgIpc) is 2.58. The highest BCUT2D eigenvalue weighted by molar-refractivity contribution is 5.42. The van der Waals surface area contributed by atoms with Gasteiger partial charge in [-0.25, -0.2) is 0 Å². The van der Waals surface area contributed by atoms with Crippen molar-refractivity contribution in [1.29, 1.82) is 0 Å². The van der Waals surface area contributed by atoms with E-state index in [0.29, 0.717) is 6.61 Å². The van der Waals surface area contributed by atoms with Gasteiger partial charge in [-0.15, -0.1) is 0 Å². The van der Waals surface area contributed by atoms with E-state index in [4.69, 9.17) is 14.2 Å². The largest absolute Gasteiger partial charge is 0.493 e. The van der Waals surface area contributed by atoms with Gasteiger partial charge in [0.25, 0.3) is 0 Å². The lowest BCUT2D eigenvalue weighted by atomic mass is 10.2. The fraction of sp³-hybridized carbons (Fsp3) is 0.647. The van der Waals surface area contributed by atoms with Crippen LogP contribution in [0.25, 0.3) is 0 Å². The van der Waals surface area contributed by atoms with Crippen LogP contribution in [-0.4, -0.2) is 58.0 Å². The molecule has 124 valence electrons. The topological polar surface area (TPSA) is 43.0 Å². The predicted molar refractivity (Wildman–Crippen MR) is 87.7 cm³/mol. The summed E-state index contributed by atoms with van der Waals surface area (Å²) >= 11 is 0. The Balaban J connectivity index is 1.76. The van der Waals surface area contributed by atoms with E-state index in [1.807, 2.05) is 6.07 Å². The maximum Gasteiger partial charge on any atom is 0.161 e. The first-order chi connectivity index (χ1) is 10.8. The molecule has 1 saturated heterocycles.